The first-order valence-corrected chi connectivity index (χ1v) is 9.39. The summed E-state index contributed by atoms with van der Waals surface area (Å²) in [6.07, 6.45) is 6.21. The lowest BCUT2D eigenvalue weighted by Gasteiger charge is -2.25. The molecule has 1 aromatic rings. The molecule has 7 heteroatoms. The number of hydrogen-bond donors (Lipinski definition) is 1. The van der Waals surface area contributed by atoms with E-state index in [0.717, 1.165) is 56.8 Å². The van der Waals surface area contributed by atoms with Crippen molar-refractivity contribution >= 4 is 11.9 Å². The van der Waals surface area contributed by atoms with Gasteiger partial charge in [-0.15, -0.1) is 0 Å². The molecule has 1 saturated heterocycles. The van der Waals surface area contributed by atoms with E-state index in [1.165, 1.54) is 12.8 Å². The highest BCUT2D eigenvalue weighted by Crippen LogP contribution is 2.16. The molecule has 0 atom stereocenters. The molecular weight excluding hydrogens is 320 g/mol. The van der Waals surface area contributed by atoms with E-state index in [2.05, 4.69) is 10.00 Å². The zero-order chi connectivity index (χ0) is 17.6. The Morgan fingerprint density at radius 2 is 1.80 bits per heavy atom. The van der Waals surface area contributed by atoms with Gasteiger partial charge in [0.2, 0.25) is 5.91 Å². The van der Waals surface area contributed by atoms with Crippen LogP contribution in [0.2, 0.25) is 0 Å². The molecule has 0 bridgehead atoms. The van der Waals surface area contributed by atoms with Gasteiger partial charge in [-0.3, -0.25) is 19.2 Å². The van der Waals surface area contributed by atoms with Gasteiger partial charge in [0.1, 0.15) is 0 Å². The molecule has 0 aromatic carbocycles. The highest BCUT2D eigenvalue weighted by molar-refractivity contribution is 5.78. The lowest BCUT2D eigenvalue weighted by Crippen LogP contribution is -2.40. The highest BCUT2D eigenvalue weighted by Gasteiger charge is 2.22. The van der Waals surface area contributed by atoms with Crippen molar-refractivity contribution in [2.24, 2.45) is 0 Å². The minimum Gasteiger partial charge on any atom is -0.481 e. The number of fused-ring (bicyclic) bond motifs is 1. The summed E-state index contributed by atoms with van der Waals surface area (Å²) in [6.45, 7) is 4.69. The maximum absolute atomic E-state index is 12.6. The summed E-state index contributed by atoms with van der Waals surface area (Å²) in [5.74, 6) is -0.561. The van der Waals surface area contributed by atoms with Crippen LogP contribution in [0.3, 0.4) is 0 Å². The second-order valence-corrected chi connectivity index (χ2v) is 7.10. The molecule has 1 N–H and O–H groups in total. The van der Waals surface area contributed by atoms with Crippen molar-refractivity contribution in [1.82, 2.24) is 19.6 Å². The standard InChI is InChI=1S/C18H28N4O3/c23-17(21-9-3-1-2-4-10-21)14-20-8-5-11-22-16(13-20)12-15(19-22)6-7-18(24)25/h12H,1-11,13-14H2,(H,24,25). The molecule has 3 rings (SSSR count). The number of nitrogens with zero attached hydrogens (tertiary/aromatic N) is 4. The summed E-state index contributed by atoms with van der Waals surface area (Å²) in [6, 6.07) is 2.00. The van der Waals surface area contributed by atoms with E-state index in [4.69, 9.17) is 5.11 Å². The van der Waals surface area contributed by atoms with Crippen LogP contribution in [-0.4, -0.2) is 62.7 Å². The molecule has 3 heterocycles. The zero-order valence-corrected chi connectivity index (χ0v) is 14.8. The fourth-order valence-electron chi connectivity index (χ4n) is 3.69. The van der Waals surface area contributed by atoms with Gasteiger partial charge in [-0.2, -0.15) is 5.10 Å². The summed E-state index contributed by atoms with van der Waals surface area (Å²) in [4.78, 5) is 27.6. The third kappa shape index (κ3) is 5.04. The monoisotopic (exact) mass is 348 g/mol. The normalized spacial score (nSPS) is 19.1. The number of aliphatic carboxylic acids is 1. The molecule has 2 aliphatic heterocycles. The lowest BCUT2D eigenvalue weighted by molar-refractivity contribution is -0.137. The third-order valence-electron chi connectivity index (χ3n) is 5.06. The van der Waals surface area contributed by atoms with E-state index in [9.17, 15) is 9.59 Å². The van der Waals surface area contributed by atoms with Crippen LogP contribution in [0, 0.1) is 0 Å². The van der Waals surface area contributed by atoms with Crippen LogP contribution in [0.15, 0.2) is 6.07 Å². The fourth-order valence-corrected chi connectivity index (χ4v) is 3.69. The number of carboxylic acids is 1. The first-order chi connectivity index (χ1) is 12.1. The summed E-state index contributed by atoms with van der Waals surface area (Å²) in [5, 5.41) is 13.4. The Morgan fingerprint density at radius 3 is 2.52 bits per heavy atom. The van der Waals surface area contributed by atoms with Crippen LogP contribution in [0.5, 0.6) is 0 Å². The molecule has 0 radical (unpaired) electrons. The largest absolute Gasteiger partial charge is 0.481 e. The van der Waals surface area contributed by atoms with Gasteiger partial charge in [-0.1, -0.05) is 12.8 Å². The maximum Gasteiger partial charge on any atom is 0.303 e. The topological polar surface area (TPSA) is 78.7 Å². The molecule has 7 nitrogen and oxygen atoms in total. The summed E-state index contributed by atoms with van der Waals surface area (Å²) in [7, 11) is 0. The predicted octanol–water partition coefficient (Wildman–Crippen LogP) is 1.51. The van der Waals surface area contributed by atoms with Gasteiger partial charge in [0.15, 0.2) is 0 Å². The molecule has 0 spiro atoms. The first-order valence-electron chi connectivity index (χ1n) is 9.39. The number of carbonyl (C=O) groups is 2. The molecular formula is C18H28N4O3. The SMILES string of the molecule is O=C(O)CCc1cc2n(n1)CCCN(CC(=O)N1CCCCCC1)C2. The summed E-state index contributed by atoms with van der Waals surface area (Å²) >= 11 is 0. The predicted molar refractivity (Wildman–Crippen MR) is 93.1 cm³/mol. The van der Waals surface area contributed by atoms with Crippen molar-refractivity contribution in [2.45, 2.75) is 58.0 Å². The molecule has 25 heavy (non-hydrogen) atoms. The number of rotatable bonds is 5. The average molecular weight is 348 g/mol. The van der Waals surface area contributed by atoms with Gasteiger partial charge in [-0.05, 0) is 25.3 Å². The molecule has 1 aromatic heterocycles. The molecule has 138 valence electrons. The van der Waals surface area contributed by atoms with E-state index in [-0.39, 0.29) is 12.3 Å². The Kier molecular flexibility index (Phi) is 6.07. The summed E-state index contributed by atoms with van der Waals surface area (Å²) in [5.41, 5.74) is 1.92. The lowest BCUT2D eigenvalue weighted by atomic mass is 10.2. The Hall–Kier alpha value is -1.89. The zero-order valence-electron chi connectivity index (χ0n) is 14.8. The highest BCUT2D eigenvalue weighted by atomic mass is 16.4. The quantitative estimate of drug-likeness (QED) is 0.873. The van der Waals surface area contributed by atoms with E-state index in [1.54, 1.807) is 0 Å². The smallest absolute Gasteiger partial charge is 0.303 e. The van der Waals surface area contributed by atoms with Crippen LogP contribution in [0.25, 0.3) is 0 Å². The Morgan fingerprint density at radius 1 is 1.04 bits per heavy atom. The molecule has 2 aliphatic rings. The Bertz CT molecular complexity index is 605. The second-order valence-electron chi connectivity index (χ2n) is 7.10. The van der Waals surface area contributed by atoms with Crippen LogP contribution in [-0.2, 0) is 29.1 Å². The number of aromatic nitrogens is 2. The van der Waals surface area contributed by atoms with Crippen LogP contribution < -0.4 is 0 Å². The third-order valence-corrected chi connectivity index (χ3v) is 5.06. The number of carboxylic acid groups (broad SMARTS) is 1. The van der Waals surface area contributed by atoms with Gasteiger partial charge in [0, 0.05) is 39.1 Å². The van der Waals surface area contributed by atoms with Gasteiger partial charge in [-0.25, -0.2) is 0 Å². The fraction of sp³-hybridized carbons (Fsp3) is 0.722. The number of likely N-dealkylation sites (tertiary alicyclic amines) is 1. The van der Waals surface area contributed by atoms with Crippen molar-refractivity contribution in [3.05, 3.63) is 17.5 Å². The van der Waals surface area contributed by atoms with Crippen molar-refractivity contribution in [3.8, 4) is 0 Å². The molecule has 0 unspecified atom stereocenters. The average Bonchev–Trinajstić information content (AvgIpc) is 2.76. The molecule has 1 amide bonds. The molecule has 0 saturated carbocycles. The summed E-state index contributed by atoms with van der Waals surface area (Å²) < 4.78 is 1.98. The Balaban J connectivity index is 1.58. The minimum absolute atomic E-state index is 0.105. The minimum atomic E-state index is -0.798. The number of amides is 1. The first kappa shape index (κ1) is 17.9. The van der Waals surface area contributed by atoms with Gasteiger partial charge < -0.3 is 10.0 Å². The molecule has 0 aliphatic carbocycles. The number of hydrogen-bond acceptors (Lipinski definition) is 4. The van der Waals surface area contributed by atoms with E-state index in [0.29, 0.717) is 19.5 Å². The maximum atomic E-state index is 12.6. The van der Waals surface area contributed by atoms with Crippen LogP contribution in [0.4, 0.5) is 0 Å². The van der Waals surface area contributed by atoms with Crippen LogP contribution >= 0.6 is 0 Å². The van der Waals surface area contributed by atoms with E-state index >= 15 is 0 Å². The molecule has 1 fully saturated rings. The van der Waals surface area contributed by atoms with Gasteiger partial charge >= 0.3 is 5.97 Å². The van der Waals surface area contributed by atoms with Crippen molar-refractivity contribution in [3.63, 3.8) is 0 Å². The van der Waals surface area contributed by atoms with Crippen molar-refractivity contribution < 1.29 is 14.7 Å². The van der Waals surface area contributed by atoms with Crippen molar-refractivity contribution in [1.29, 1.82) is 0 Å². The van der Waals surface area contributed by atoms with Gasteiger partial charge in [0.25, 0.3) is 0 Å². The van der Waals surface area contributed by atoms with Crippen LogP contribution in [0.1, 0.15) is 49.9 Å². The van der Waals surface area contributed by atoms with Gasteiger partial charge in [0.05, 0.1) is 24.4 Å². The number of aryl methyl sites for hydroxylation is 2. The number of carbonyl (C=O) groups excluding carboxylic acids is 1. The Labute approximate surface area is 148 Å². The van der Waals surface area contributed by atoms with E-state index in [1.807, 2.05) is 15.6 Å². The van der Waals surface area contributed by atoms with Crippen molar-refractivity contribution in [2.75, 3.05) is 26.2 Å². The van der Waals surface area contributed by atoms with E-state index < -0.39 is 5.97 Å². The second kappa shape index (κ2) is 8.47.